The van der Waals surface area contributed by atoms with Crippen LogP contribution in [0, 0.1) is 12.3 Å². The zero-order valence-electron chi connectivity index (χ0n) is 9.05. The summed E-state index contributed by atoms with van der Waals surface area (Å²) in [5.41, 5.74) is -0.0587. The number of carbonyl (C=O) groups is 1. The average Bonchev–Trinajstić information content (AvgIpc) is 2.30. The Hall–Kier alpha value is -2.09. The number of aromatic nitrogens is 2. The van der Waals surface area contributed by atoms with Crippen LogP contribution in [-0.2, 0) is 0 Å². The smallest absolute Gasteiger partial charge is 0.356 e. The molecule has 0 aliphatic carbocycles. The van der Waals surface area contributed by atoms with Crippen LogP contribution < -0.4 is 4.90 Å². The molecule has 0 saturated carbocycles. The van der Waals surface area contributed by atoms with Crippen LogP contribution in [0.2, 0.25) is 0 Å². The standard InChI is InChI=1S/C11H13N3O2/c1-3-5-6-14(4-2)10-8-12-7-9(13-10)11(15)16/h1,7-8H,4-6H2,2H3,(H,15,16). The normalized spacial score (nSPS) is 9.50. The molecule has 1 heterocycles. The van der Waals surface area contributed by atoms with Gasteiger partial charge in [-0.05, 0) is 6.92 Å². The third-order valence-corrected chi connectivity index (χ3v) is 2.07. The van der Waals surface area contributed by atoms with E-state index in [-0.39, 0.29) is 5.69 Å². The molecule has 1 rings (SSSR count). The molecule has 0 amide bonds. The van der Waals surface area contributed by atoms with Crippen LogP contribution in [0.3, 0.4) is 0 Å². The molecule has 0 aromatic carbocycles. The van der Waals surface area contributed by atoms with Crippen molar-refractivity contribution in [3.63, 3.8) is 0 Å². The molecule has 0 unspecified atom stereocenters. The lowest BCUT2D eigenvalue weighted by molar-refractivity contribution is 0.0690. The maximum absolute atomic E-state index is 10.7. The third kappa shape index (κ3) is 2.95. The summed E-state index contributed by atoms with van der Waals surface area (Å²) in [5.74, 6) is 1.99. The zero-order valence-corrected chi connectivity index (χ0v) is 9.05. The Kier molecular flexibility index (Phi) is 4.28. The highest BCUT2D eigenvalue weighted by atomic mass is 16.4. The van der Waals surface area contributed by atoms with Gasteiger partial charge in [-0.2, -0.15) is 0 Å². The van der Waals surface area contributed by atoms with Crippen LogP contribution in [0.5, 0.6) is 0 Å². The third-order valence-electron chi connectivity index (χ3n) is 2.07. The molecule has 0 bridgehead atoms. The second-order valence-electron chi connectivity index (χ2n) is 3.10. The molecule has 16 heavy (non-hydrogen) atoms. The number of carboxylic acids is 1. The Morgan fingerprint density at radius 2 is 2.38 bits per heavy atom. The van der Waals surface area contributed by atoms with Crippen LogP contribution in [-0.4, -0.2) is 34.1 Å². The molecule has 5 nitrogen and oxygen atoms in total. The summed E-state index contributed by atoms with van der Waals surface area (Å²) in [6.45, 7) is 3.30. The fourth-order valence-corrected chi connectivity index (χ4v) is 1.25. The quantitative estimate of drug-likeness (QED) is 0.749. The van der Waals surface area contributed by atoms with Crippen molar-refractivity contribution in [2.45, 2.75) is 13.3 Å². The zero-order chi connectivity index (χ0) is 12.0. The van der Waals surface area contributed by atoms with Crippen molar-refractivity contribution in [3.8, 4) is 12.3 Å². The first kappa shape index (κ1) is 12.0. The molecular weight excluding hydrogens is 206 g/mol. The summed E-state index contributed by atoms with van der Waals surface area (Å²) in [5, 5.41) is 8.79. The van der Waals surface area contributed by atoms with Crippen molar-refractivity contribution in [2.24, 2.45) is 0 Å². The first-order valence-corrected chi connectivity index (χ1v) is 4.92. The number of rotatable bonds is 5. The molecule has 0 atom stereocenters. The number of nitrogens with zero attached hydrogens (tertiary/aromatic N) is 3. The molecule has 0 spiro atoms. The minimum absolute atomic E-state index is 0.0587. The van der Waals surface area contributed by atoms with Crippen molar-refractivity contribution in [1.82, 2.24) is 9.97 Å². The fraction of sp³-hybridized carbons (Fsp3) is 0.364. The SMILES string of the molecule is C#CCCN(CC)c1cncc(C(=O)O)n1. The lowest BCUT2D eigenvalue weighted by atomic mass is 10.3. The van der Waals surface area contributed by atoms with Gasteiger partial charge in [-0.1, -0.05) is 0 Å². The van der Waals surface area contributed by atoms with Crippen LogP contribution in [0.1, 0.15) is 23.8 Å². The second-order valence-corrected chi connectivity index (χ2v) is 3.10. The first-order valence-electron chi connectivity index (χ1n) is 4.92. The van der Waals surface area contributed by atoms with E-state index < -0.39 is 5.97 Å². The Balaban J connectivity index is 2.88. The van der Waals surface area contributed by atoms with Gasteiger partial charge < -0.3 is 10.0 Å². The van der Waals surface area contributed by atoms with Gasteiger partial charge in [-0.3, -0.25) is 4.98 Å². The number of terminal acetylenes is 1. The van der Waals surface area contributed by atoms with Crippen LogP contribution in [0.15, 0.2) is 12.4 Å². The number of hydrogen-bond acceptors (Lipinski definition) is 4. The molecule has 1 aromatic heterocycles. The predicted octanol–water partition coefficient (Wildman–Crippen LogP) is 1.02. The summed E-state index contributed by atoms with van der Waals surface area (Å²) in [4.78, 5) is 20.5. The van der Waals surface area contributed by atoms with E-state index in [0.717, 1.165) is 0 Å². The molecule has 0 radical (unpaired) electrons. The minimum Gasteiger partial charge on any atom is -0.476 e. The van der Waals surface area contributed by atoms with Crippen molar-refractivity contribution in [1.29, 1.82) is 0 Å². The predicted molar refractivity (Wildman–Crippen MR) is 60.3 cm³/mol. The average molecular weight is 219 g/mol. The van der Waals surface area contributed by atoms with Gasteiger partial charge in [0.25, 0.3) is 0 Å². The highest BCUT2D eigenvalue weighted by molar-refractivity contribution is 5.85. The molecule has 1 N–H and O–H groups in total. The van der Waals surface area contributed by atoms with Crippen LogP contribution in [0.25, 0.3) is 0 Å². The Bertz CT molecular complexity index is 412. The highest BCUT2D eigenvalue weighted by Crippen LogP contribution is 2.09. The van der Waals surface area contributed by atoms with Crippen molar-refractivity contribution >= 4 is 11.8 Å². The van der Waals surface area contributed by atoms with E-state index in [1.807, 2.05) is 11.8 Å². The van der Waals surface area contributed by atoms with E-state index in [0.29, 0.717) is 25.3 Å². The van der Waals surface area contributed by atoms with Crippen molar-refractivity contribution in [3.05, 3.63) is 18.1 Å². The number of carboxylic acid groups (broad SMARTS) is 1. The van der Waals surface area contributed by atoms with Gasteiger partial charge in [0.2, 0.25) is 0 Å². The fourth-order valence-electron chi connectivity index (χ4n) is 1.25. The summed E-state index contributed by atoms with van der Waals surface area (Å²) in [7, 11) is 0. The van der Waals surface area contributed by atoms with Crippen LogP contribution in [0.4, 0.5) is 5.82 Å². The molecule has 5 heteroatoms. The van der Waals surface area contributed by atoms with E-state index in [1.54, 1.807) is 0 Å². The topological polar surface area (TPSA) is 66.3 Å². The maximum atomic E-state index is 10.7. The van der Waals surface area contributed by atoms with E-state index in [1.165, 1.54) is 12.4 Å². The van der Waals surface area contributed by atoms with E-state index in [4.69, 9.17) is 11.5 Å². The summed E-state index contributed by atoms with van der Waals surface area (Å²) in [6.07, 6.45) is 8.53. The van der Waals surface area contributed by atoms with Gasteiger partial charge in [0, 0.05) is 19.5 Å². The van der Waals surface area contributed by atoms with Gasteiger partial charge in [-0.25, -0.2) is 9.78 Å². The van der Waals surface area contributed by atoms with E-state index >= 15 is 0 Å². The van der Waals surface area contributed by atoms with Gasteiger partial charge >= 0.3 is 5.97 Å². The first-order chi connectivity index (χ1) is 7.69. The maximum Gasteiger partial charge on any atom is 0.356 e. The molecule has 0 aliphatic heterocycles. The second kappa shape index (κ2) is 5.71. The number of aromatic carboxylic acids is 1. The van der Waals surface area contributed by atoms with E-state index in [2.05, 4.69) is 15.9 Å². The molecule has 0 aliphatic rings. The lowest BCUT2D eigenvalue weighted by Gasteiger charge is -2.20. The monoisotopic (exact) mass is 219 g/mol. The number of anilines is 1. The summed E-state index contributed by atoms with van der Waals surface area (Å²) < 4.78 is 0. The Labute approximate surface area is 94.1 Å². The summed E-state index contributed by atoms with van der Waals surface area (Å²) >= 11 is 0. The largest absolute Gasteiger partial charge is 0.476 e. The van der Waals surface area contributed by atoms with Gasteiger partial charge in [0.15, 0.2) is 5.69 Å². The molecule has 0 fully saturated rings. The van der Waals surface area contributed by atoms with E-state index in [9.17, 15) is 4.79 Å². The van der Waals surface area contributed by atoms with Crippen molar-refractivity contribution in [2.75, 3.05) is 18.0 Å². The van der Waals surface area contributed by atoms with Gasteiger partial charge in [0.05, 0.1) is 12.4 Å². The lowest BCUT2D eigenvalue weighted by Crippen LogP contribution is -2.25. The minimum atomic E-state index is -1.08. The Morgan fingerprint density at radius 3 is 2.94 bits per heavy atom. The van der Waals surface area contributed by atoms with Gasteiger partial charge in [0.1, 0.15) is 5.82 Å². The summed E-state index contributed by atoms with van der Waals surface area (Å²) in [6, 6.07) is 0. The van der Waals surface area contributed by atoms with Crippen LogP contribution >= 0.6 is 0 Å². The Morgan fingerprint density at radius 1 is 1.62 bits per heavy atom. The molecule has 0 saturated heterocycles. The molecule has 1 aromatic rings. The molecular formula is C11H13N3O2. The number of hydrogen-bond donors (Lipinski definition) is 1. The molecule has 84 valence electrons. The van der Waals surface area contributed by atoms with Crippen molar-refractivity contribution < 1.29 is 9.90 Å². The van der Waals surface area contributed by atoms with Gasteiger partial charge in [-0.15, -0.1) is 12.3 Å². The highest BCUT2D eigenvalue weighted by Gasteiger charge is 2.10.